The minimum absolute atomic E-state index is 0.146. The molecular weight excluding hydrogens is 440 g/mol. The number of methoxy groups -OCH3 is 1. The SMILES string of the molecule is COc1ccc(C(Cc2c(N=Cc3ccccc3)cccc2[N+](=O)[O-])C(C(=O)O)C(=O)O)cc1. The van der Waals surface area contributed by atoms with Crippen LogP contribution in [0.1, 0.15) is 22.6 Å². The van der Waals surface area contributed by atoms with Crippen molar-refractivity contribution in [3.63, 3.8) is 0 Å². The van der Waals surface area contributed by atoms with E-state index in [4.69, 9.17) is 4.74 Å². The van der Waals surface area contributed by atoms with Crippen molar-refractivity contribution in [3.05, 3.63) is 99.6 Å². The molecule has 174 valence electrons. The number of nitrogens with zero attached hydrogens (tertiary/aromatic N) is 2. The van der Waals surface area contributed by atoms with Gasteiger partial charge in [-0.25, -0.2) is 0 Å². The van der Waals surface area contributed by atoms with Crippen LogP contribution in [0.25, 0.3) is 0 Å². The first-order valence-electron chi connectivity index (χ1n) is 10.3. The third kappa shape index (κ3) is 5.63. The van der Waals surface area contributed by atoms with E-state index in [0.29, 0.717) is 11.3 Å². The Morgan fingerprint density at radius 3 is 2.21 bits per heavy atom. The normalized spacial score (nSPS) is 11.9. The van der Waals surface area contributed by atoms with Gasteiger partial charge in [-0.2, -0.15) is 0 Å². The van der Waals surface area contributed by atoms with Gasteiger partial charge in [0, 0.05) is 18.2 Å². The van der Waals surface area contributed by atoms with Crippen LogP contribution in [-0.4, -0.2) is 40.4 Å². The Bertz CT molecular complexity index is 1190. The molecule has 0 saturated carbocycles. The van der Waals surface area contributed by atoms with E-state index in [1.807, 2.05) is 30.3 Å². The monoisotopic (exact) mass is 462 g/mol. The zero-order valence-corrected chi connectivity index (χ0v) is 18.2. The lowest BCUT2D eigenvalue weighted by Crippen LogP contribution is -2.31. The minimum atomic E-state index is -1.83. The quantitative estimate of drug-likeness (QED) is 0.196. The van der Waals surface area contributed by atoms with E-state index >= 15 is 0 Å². The molecule has 0 spiro atoms. The van der Waals surface area contributed by atoms with Crippen molar-refractivity contribution < 1.29 is 29.5 Å². The van der Waals surface area contributed by atoms with Crippen LogP contribution < -0.4 is 4.74 Å². The third-order valence-electron chi connectivity index (χ3n) is 5.38. The highest BCUT2D eigenvalue weighted by atomic mass is 16.6. The van der Waals surface area contributed by atoms with Crippen LogP contribution in [0.15, 0.2) is 77.8 Å². The highest BCUT2D eigenvalue weighted by Crippen LogP contribution is 2.37. The second-order valence-electron chi connectivity index (χ2n) is 7.44. The highest BCUT2D eigenvalue weighted by molar-refractivity contribution is 5.94. The first kappa shape index (κ1) is 24.1. The maximum atomic E-state index is 11.9. The van der Waals surface area contributed by atoms with Gasteiger partial charge in [0.05, 0.1) is 23.3 Å². The number of rotatable bonds is 10. The predicted octanol–water partition coefficient (Wildman–Crippen LogP) is 4.47. The number of carbonyl (C=O) groups is 2. The number of aliphatic carboxylic acids is 2. The fourth-order valence-corrected chi connectivity index (χ4v) is 3.70. The lowest BCUT2D eigenvalue weighted by Gasteiger charge is -2.22. The number of aliphatic imine (C=N–C) groups is 1. The average molecular weight is 462 g/mol. The standard InChI is InChI=1S/C25H22N2O7/c1-34-18-12-10-17(11-13-18)19(23(24(28)29)25(30)31)14-20-21(8-5-9-22(20)27(32)33)26-15-16-6-3-2-4-7-16/h2-13,15,19,23H,14H2,1H3,(H,28,29)(H,30,31). The summed E-state index contributed by atoms with van der Waals surface area (Å²) in [5.41, 5.74) is 1.29. The molecular formula is C25H22N2O7. The van der Waals surface area contributed by atoms with E-state index in [0.717, 1.165) is 5.56 Å². The summed E-state index contributed by atoms with van der Waals surface area (Å²) in [6.07, 6.45) is 1.31. The van der Waals surface area contributed by atoms with E-state index in [1.165, 1.54) is 25.5 Å². The molecule has 0 heterocycles. The van der Waals surface area contributed by atoms with E-state index in [9.17, 15) is 29.9 Å². The lowest BCUT2D eigenvalue weighted by molar-refractivity contribution is -0.385. The molecule has 0 aromatic heterocycles. The van der Waals surface area contributed by atoms with Crippen molar-refractivity contribution >= 4 is 29.5 Å². The molecule has 1 atom stereocenters. The maximum absolute atomic E-state index is 11.9. The molecule has 1 unspecified atom stereocenters. The van der Waals surface area contributed by atoms with Gasteiger partial charge in [-0.1, -0.05) is 48.5 Å². The molecule has 3 aromatic carbocycles. The Morgan fingerprint density at radius 2 is 1.65 bits per heavy atom. The summed E-state index contributed by atoms with van der Waals surface area (Å²) in [4.78, 5) is 39.4. The average Bonchev–Trinajstić information content (AvgIpc) is 2.83. The predicted molar refractivity (Wildman–Crippen MR) is 125 cm³/mol. The second-order valence-corrected chi connectivity index (χ2v) is 7.44. The topological polar surface area (TPSA) is 139 Å². The number of nitro groups is 1. The van der Waals surface area contributed by atoms with Gasteiger partial charge in [0.15, 0.2) is 5.92 Å². The molecule has 3 rings (SSSR count). The van der Waals surface area contributed by atoms with Crippen LogP contribution in [0, 0.1) is 16.0 Å². The van der Waals surface area contributed by atoms with Crippen molar-refractivity contribution in [1.82, 2.24) is 0 Å². The van der Waals surface area contributed by atoms with Crippen LogP contribution in [0.5, 0.6) is 5.75 Å². The molecule has 0 aliphatic rings. The van der Waals surface area contributed by atoms with Gasteiger partial charge in [-0.3, -0.25) is 24.7 Å². The Labute approximate surface area is 195 Å². The summed E-state index contributed by atoms with van der Waals surface area (Å²) >= 11 is 0. The van der Waals surface area contributed by atoms with Gasteiger partial charge < -0.3 is 14.9 Å². The summed E-state index contributed by atoms with van der Waals surface area (Å²) in [6, 6.07) is 19.7. The van der Waals surface area contributed by atoms with Crippen molar-refractivity contribution in [1.29, 1.82) is 0 Å². The number of ether oxygens (including phenoxy) is 1. The minimum Gasteiger partial charge on any atom is -0.497 e. The van der Waals surface area contributed by atoms with Crippen LogP contribution in [0.4, 0.5) is 11.4 Å². The lowest BCUT2D eigenvalue weighted by atomic mass is 9.80. The van der Waals surface area contributed by atoms with Crippen molar-refractivity contribution in [2.45, 2.75) is 12.3 Å². The molecule has 34 heavy (non-hydrogen) atoms. The van der Waals surface area contributed by atoms with Crippen LogP contribution in [-0.2, 0) is 16.0 Å². The number of carboxylic acids is 2. The molecule has 0 amide bonds. The molecule has 0 bridgehead atoms. The highest BCUT2D eigenvalue weighted by Gasteiger charge is 2.37. The number of nitro benzene ring substituents is 1. The van der Waals surface area contributed by atoms with Gasteiger partial charge in [-0.15, -0.1) is 0 Å². The van der Waals surface area contributed by atoms with Crippen LogP contribution in [0.3, 0.4) is 0 Å². The van der Waals surface area contributed by atoms with Crippen LogP contribution in [0.2, 0.25) is 0 Å². The second kappa shape index (κ2) is 10.9. The molecule has 0 aliphatic heterocycles. The van der Waals surface area contributed by atoms with E-state index in [-0.39, 0.29) is 23.4 Å². The number of hydrogen-bond donors (Lipinski definition) is 2. The fraction of sp³-hybridized carbons (Fsp3) is 0.160. The van der Waals surface area contributed by atoms with Gasteiger partial charge in [-0.05, 0) is 35.7 Å². The number of benzene rings is 3. The summed E-state index contributed by atoms with van der Waals surface area (Å²) < 4.78 is 5.13. The van der Waals surface area contributed by atoms with Crippen LogP contribution >= 0.6 is 0 Å². The first-order valence-corrected chi connectivity index (χ1v) is 10.3. The first-order chi connectivity index (χ1) is 16.3. The smallest absolute Gasteiger partial charge is 0.318 e. The van der Waals surface area contributed by atoms with Gasteiger partial charge in [0.1, 0.15) is 5.75 Å². The number of carboxylic acid groups (broad SMARTS) is 2. The van der Waals surface area contributed by atoms with Gasteiger partial charge >= 0.3 is 11.9 Å². The van der Waals surface area contributed by atoms with Crippen molar-refractivity contribution in [2.75, 3.05) is 7.11 Å². The van der Waals surface area contributed by atoms with E-state index in [2.05, 4.69) is 4.99 Å². The largest absolute Gasteiger partial charge is 0.497 e. The molecule has 0 radical (unpaired) electrons. The molecule has 0 saturated heterocycles. The Morgan fingerprint density at radius 1 is 1.00 bits per heavy atom. The molecule has 9 heteroatoms. The Hall–Kier alpha value is -4.53. The molecule has 2 N–H and O–H groups in total. The summed E-state index contributed by atoms with van der Waals surface area (Å²) in [6.45, 7) is 0. The summed E-state index contributed by atoms with van der Waals surface area (Å²) in [5.74, 6) is -5.52. The van der Waals surface area contributed by atoms with E-state index in [1.54, 1.807) is 30.3 Å². The molecule has 9 nitrogen and oxygen atoms in total. The Balaban J connectivity index is 2.13. The summed E-state index contributed by atoms with van der Waals surface area (Å²) in [7, 11) is 1.47. The Kier molecular flexibility index (Phi) is 7.71. The van der Waals surface area contributed by atoms with E-state index < -0.39 is 28.7 Å². The molecule has 3 aromatic rings. The van der Waals surface area contributed by atoms with Crippen molar-refractivity contribution in [3.8, 4) is 5.75 Å². The molecule has 0 aliphatic carbocycles. The van der Waals surface area contributed by atoms with Crippen molar-refractivity contribution in [2.24, 2.45) is 10.9 Å². The maximum Gasteiger partial charge on any atom is 0.318 e. The zero-order valence-electron chi connectivity index (χ0n) is 18.2. The third-order valence-corrected chi connectivity index (χ3v) is 5.38. The molecule has 0 fully saturated rings. The number of hydrogen-bond acceptors (Lipinski definition) is 6. The fourth-order valence-electron chi connectivity index (χ4n) is 3.70. The summed E-state index contributed by atoms with van der Waals surface area (Å²) in [5, 5.41) is 31.2. The zero-order chi connectivity index (χ0) is 24.7. The van der Waals surface area contributed by atoms with Gasteiger partial charge in [0.2, 0.25) is 0 Å². The van der Waals surface area contributed by atoms with Gasteiger partial charge in [0.25, 0.3) is 5.69 Å².